The maximum Gasteiger partial charge on any atom is 0.413 e. The van der Waals surface area contributed by atoms with Gasteiger partial charge in [0.15, 0.2) is 12.2 Å². The molecule has 0 bridgehead atoms. The van der Waals surface area contributed by atoms with Gasteiger partial charge in [-0.3, -0.25) is 0 Å². The molecule has 0 amide bonds. The van der Waals surface area contributed by atoms with Gasteiger partial charge in [-0.15, -0.1) is 0 Å². The zero-order valence-electron chi connectivity index (χ0n) is 11.6. The van der Waals surface area contributed by atoms with Crippen LogP contribution in [0, 0.1) is 0 Å². The number of nitrogens with two attached hydrogens (primary N) is 1. The smallest absolute Gasteiger partial charge is 0.413 e. The molecule has 1 heterocycles. The van der Waals surface area contributed by atoms with E-state index in [0.29, 0.717) is 0 Å². The Kier molecular flexibility index (Phi) is 5.96. The van der Waals surface area contributed by atoms with Crippen molar-refractivity contribution in [3.8, 4) is 5.75 Å². The van der Waals surface area contributed by atoms with Crippen LogP contribution in [0.2, 0.25) is 0 Å². The molecule has 10 heteroatoms. The SMILES string of the molecule is NC1Cc2ccccc2OC1(F)F.O=C(O)C(O)C(O)C(=O)O. The van der Waals surface area contributed by atoms with Crippen molar-refractivity contribution in [3.63, 3.8) is 0 Å². The molecule has 6 N–H and O–H groups in total. The summed E-state index contributed by atoms with van der Waals surface area (Å²) in [6, 6.07) is 5.45. The van der Waals surface area contributed by atoms with Crippen molar-refractivity contribution in [1.82, 2.24) is 0 Å². The first-order chi connectivity index (χ1) is 10.6. The van der Waals surface area contributed by atoms with Gasteiger partial charge in [0.1, 0.15) is 11.8 Å². The zero-order chi connectivity index (χ0) is 17.8. The Balaban J connectivity index is 0.000000241. The van der Waals surface area contributed by atoms with Crippen molar-refractivity contribution in [1.29, 1.82) is 0 Å². The van der Waals surface area contributed by atoms with Crippen LogP contribution in [0.1, 0.15) is 5.56 Å². The van der Waals surface area contributed by atoms with E-state index in [2.05, 4.69) is 4.74 Å². The van der Waals surface area contributed by atoms with Crippen LogP contribution in [-0.2, 0) is 16.0 Å². The molecule has 0 radical (unpaired) electrons. The number of aliphatic hydroxyl groups is 2. The summed E-state index contributed by atoms with van der Waals surface area (Å²) in [7, 11) is 0. The van der Waals surface area contributed by atoms with Crippen molar-refractivity contribution in [2.45, 2.75) is 30.8 Å². The van der Waals surface area contributed by atoms with Gasteiger partial charge in [-0.05, 0) is 11.6 Å². The molecule has 1 aliphatic heterocycles. The van der Waals surface area contributed by atoms with Gasteiger partial charge in [-0.1, -0.05) is 18.2 Å². The van der Waals surface area contributed by atoms with E-state index in [-0.39, 0.29) is 12.2 Å². The molecule has 8 nitrogen and oxygen atoms in total. The minimum absolute atomic E-state index is 0.156. The predicted molar refractivity (Wildman–Crippen MR) is 71.0 cm³/mol. The third-order valence-electron chi connectivity index (χ3n) is 2.90. The third kappa shape index (κ3) is 4.84. The molecule has 1 aliphatic rings. The van der Waals surface area contributed by atoms with Gasteiger partial charge in [0.25, 0.3) is 0 Å². The summed E-state index contributed by atoms with van der Waals surface area (Å²) in [4.78, 5) is 19.5. The molecule has 0 saturated carbocycles. The normalized spacial score (nSPS) is 20.8. The first-order valence-corrected chi connectivity index (χ1v) is 6.28. The highest BCUT2D eigenvalue weighted by atomic mass is 19.3. The summed E-state index contributed by atoms with van der Waals surface area (Å²) in [5, 5.41) is 32.5. The molecule has 0 fully saturated rings. The highest BCUT2D eigenvalue weighted by molar-refractivity contribution is 5.83. The summed E-state index contributed by atoms with van der Waals surface area (Å²) in [6.07, 6.45) is -7.62. The summed E-state index contributed by atoms with van der Waals surface area (Å²) < 4.78 is 30.3. The number of para-hydroxylation sites is 1. The molecule has 23 heavy (non-hydrogen) atoms. The number of aliphatic carboxylic acids is 2. The minimum atomic E-state index is -3.24. The first kappa shape index (κ1) is 18.7. The van der Waals surface area contributed by atoms with Crippen molar-refractivity contribution in [2.24, 2.45) is 5.73 Å². The quantitative estimate of drug-likeness (QED) is 0.492. The van der Waals surface area contributed by atoms with E-state index in [0.717, 1.165) is 5.56 Å². The highest BCUT2D eigenvalue weighted by Crippen LogP contribution is 2.33. The van der Waals surface area contributed by atoms with Crippen LogP contribution < -0.4 is 10.5 Å². The maximum absolute atomic E-state index is 12.9. The standard InChI is InChI=1S/C9H9F2NO.C4H6O6/c10-9(11)8(12)5-6-3-1-2-4-7(6)13-9;5-1(3(7)8)2(6)4(9)10/h1-4,8H,5,12H2;1-2,5-6H,(H,7,8)(H,9,10). The topological polar surface area (TPSA) is 150 Å². The van der Waals surface area contributed by atoms with E-state index >= 15 is 0 Å². The molecule has 1 aromatic rings. The molecule has 0 saturated heterocycles. The van der Waals surface area contributed by atoms with Crippen LogP contribution in [0.3, 0.4) is 0 Å². The van der Waals surface area contributed by atoms with Crippen molar-refractivity contribution in [2.75, 3.05) is 0 Å². The van der Waals surface area contributed by atoms with Crippen LogP contribution >= 0.6 is 0 Å². The Labute approximate surface area is 128 Å². The highest BCUT2D eigenvalue weighted by Gasteiger charge is 2.43. The number of rotatable bonds is 3. The average Bonchev–Trinajstić information content (AvgIpc) is 2.47. The number of benzene rings is 1. The summed E-state index contributed by atoms with van der Waals surface area (Å²) >= 11 is 0. The number of fused-ring (bicyclic) bond motifs is 1. The molecular weight excluding hydrogens is 320 g/mol. The molecule has 2 rings (SSSR count). The van der Waals surface area contributed by atoms with Crippen LogP contribution in [0.25, 0.3) is 0 Å². The third-order valence-corrected chi connectivity index (χ3v) is 2.90. The fourth-order valence-corrected chi connectivity index (χ4v) is 1.62. The van der Waals surface area contributed by atoms with E-state index in [1.54, 1.807) is 18.2 Å². The Bertz CT molecular complexity index is 563. The van der Waals surface area contributed by atoms with E-state index < -0.39 is 36.3 Å². The second-order valence-electron chi connectivity index (χ2n) is 4.65. The van der Waals surface area contributed by atoms with Gasteiger partial charge < -0.3 is 30.9 Å². The van der Waals surface area contributed by atoms with E-state index in [1.807, 2.05) is 0 Å². The van der Waals surface area contributed by atoms with Gasteiger partial charge in [0.2, 0.25) is 0 Å². The molecule has 0 aromatic heterocycles. The maximum atomic E-state index is 12.9. The molecule has 1 aromatic carbocycles. The number of halogens is 2. The number of carboxylic acids is 2. The van der Waals surface area contributed by atoms with Gasteiger partial charge in [-0.25, -0.2) is 9.59 Å². The number of hydrogen-bond acceptors (Lipinski definition) is 6. The number of aliphatic hydroxyl groups excluding tert-OH is 2. The number of carbonyl (C=O) groups is 2. The average molecular weight is 335 g/mol. The van der Waals surface area contributed by atoms with Crippen LogP contribution in [-0.4, -0.2) is 56.7 Å². The summed E-state index contributed by atoms with van der Waals surface area (Å²) in [6.45, 7) is 0. The lowest BCUT2D eigenvalue weighted by Gasteiger charge is -2.30. The van der Waals surface area contributed by atoms with E-state index in [4.69, 9.17) is 26.2 Å². The van der Waals surface area contributed by atoms with Crippen LogP contribution in [0.15, 0.2) is 24.3 Å². The molecule has 3 unspecified atom stereocenters. The van der Waals surface area contributed by atoms with Gasteiger partial charge in [-0.2, -0.15) is 8.78 Å². The molecule has 0 aliphatic carbocycles. The monoisotopic (exact) mass is 335 g/mol. The van der Waals surface area contributed by atoms with E-state index in [9.17, 15) is 18.4 Å². The van der Waals surface area contributed by atoms with Crippen molar-refractivity contribution >= 4 is 11.9 Å². The second kappa shape index (κ2) is 7.31. The van der Waals surface area contributed by atoms with Crippen LogP contribution in [0.4, 0.5) is 8.78 Å². The minimum Gasteiger partial charge on any atom is -0.479 e. The summed E-state index contributed by atoms with van der Waals surface area (Å²) in [5.41, 5.74) is 5.99. The fraction of sp³-hybridized carbons (Fsp3) is 0.385. The van der Waals surface area contributed by atoms with Gasteiger partial charge in [0.05, 0.1) is 0 Å². The Morgan fingerprint density at radius 2 is 1.65 bits per heavy atom. The molecule has 128 valence electrons. The number of hydrogen-bond donors (Lipinski definition) is 5. The largest absolute Gasteiger partial charge is 0.479 e. The Morgan fingerprint density at radius 3 is 2.13 bits per heavy atom. The van der Waals surface area contributed by atoms with Crippen molar-refractivity contribution < 1.29 is 43.5 Å². The van der Waals surface area contributed by atoms with E-state index in [1.165, 1.54) is 6.07 Å². The van der Waals surface area contributed by atoms with Crippen LogP contribution in [0.5, 0.6) is 5.75 Å². The van der Waals surface area contributed by atoms with Gasteiger partial charge in [0, 0.05) is 6.42 Å². The Hall–Kier alpha value is -2.30. The Morgan fingerprint density at radius 1 is 1.17 bits per heavy atom. The van der Waals surface area contributed by atoms with Crippen molar-refractivity contribution in [3.05, 3.63) is 29.8 Å². The number of alkyl halides is 2. The lowest BCUT2D eigenvalue weighted by atomic mass is 10.0. The zero-order valence-corrected chi connectivity index (χ0v) is 11.6. The lowest BCUT2D eigenvalue weighted by molar-refractivity contribution is -0.198. The number of ether oxygens (including phenoxy) is 1. The molecule has 0 spiro atoms. The predicted octanol–water partition coefficient (Wildman–Crippen LogP) is -0.581. The van der Waals surface area contributed by atoms with Gasteiger partial charge >= 0.3 is 18.0 Å². The second-order valence-corrected chi connectivity index (χ2v) is 4.65. The lowest BCUT2D eigenvalue weighted by Crippen LogP contribution is -2.49. The molecule has 3 atom stereocenters. The summed E-state index contributed by atoms with van der Waals surface area (Å²) in [5.74, 6) is -3.31. The number of carboxylic acid groups (broad SMARTS) is 2. The fourth-order valence-electron chi connectivity index (χ4n) is 1.62. The first-order valence-electron chi connectivity index (χ1n) is 6.28. The molecular formula is C13H15F2NO7.